The molecule has 1 fully saturated rings. The molecule has 5 nitrogen and oxygen atoms in total. The largest absolute Gasteiger partial charge is 0.440 e. The number of rotatable bonds is 5. The Morgan fingerprint density at radius 1 is 1.15 bits per heavy atom. The van der Waals surface area contributed by atoms with Gasteiger partial charge in [-0.3, -0.25) is 4.72 Å². The van der Waals surface area contributed by atoms with Crippen LogP contribution in [0, 0.1) is 11.6 Å². The first-order chi connectivity index (χ1) is 12.9. The molecule has 1 aliphatic carbocycles. The lowest BCUT2D eigenvalue weighted by molar-refractivity contribution is 0.458. The molecule has 27 heavy (non-hydrogen) atoms. The highest BCUT2D eigenvalue weighted by Gasteiger charge is 2.24. The fraction of sp³-hybridized carbons (Fsp3) is 0.278. The maximum Gasteiger partial charge on any atom is 0.271 e. The van der Waals surface area contributed by atoms with E-state index in [0.717, 1.165) is 49.2 Å². The summed E-state index contributed by atoms with van der Waals surface area (Å²) in [6.45, 7) is 0. The first-order valence-corrected chi connectivity index (χ1v) is 10.8. The van der Waals surface area contributed by atoms with Gasteiger partial charge in [0.1, 0.15) is 15.8 Å². The first-order valence-electron chi connectivity index (χ1n) is 8.46. The molecule has 1 aliphatic rings. The number of anilines is 1. The van der Waals surface area contributed by atoms with E-state index < -0.39 is 21.7 Å². The molecule has 3 aromatic rings. The summed E-state index contributed by atoms with van der Waals surface area (Å²) in [7, 11) is -4.00. The van der Waals surface area contributed by atoms with Crippen molar-refractivity contribution < 1.29 is 21.6 Å². The Balaban J connectivity index is 1.56. The zero-order valence-corrected chi connectivity index (χ0v) is 15.7. The standard InChI is InChI=1S/C18H16F2N2O3S2/c19-12-5-6-14(13(20)9-12)22-27(23,24)17-8-7-16(26-17)15-10-21-18(25-15)11-3-1-2-4-11/h5-11,22H,1-4H2. The molecule has 0 bridgehead atoms. The molecular formula is C18H16F2N2O3S2. The average molecular weight is 410 g/mol. The summed E-state index contributed by atoms with van der Waals surface area (Å²) < 4.78 is 59.6. The Labute approximate surface area is 159 Å². The molecule has 4 rings (SSSR count). The fourth-order valence-electron chi connectivity index (χ4n) is 3.13. The van der Waals surface area contributed by atoms with Crippen molar-refractivity contribution in [2.24, 2.45) is 0 Å². The van der Waals surface area contributed by atoms with E-state index in [1.807, 2.05) is 0 Å². The predicted molar refractivity (Wildman–Crippen MR) is 98.2 cm³/mol. The van der Waals surface area contributed by atoms with E-state index in [1.165, 1.54) is 6.07 Å². The molecule has 0 spiro atoms. The van der Waals surface area contributed by atoms with E-state index in [1.54, 1.807) is 12.3 Å². The lowest BCUT2D eigenvalue weighted by atomic mass is 10.1. The van der Waals surface area contributed by atoms with Gasteiger partial charge >= 0.3 is 0 Å². The Bertz CT molecular complexity index is 1070. The van der Waals surface area contributed by atoms with E-state index in [2.05, 4.69) is 9.71 Å². The SMILES string of the molecule is O=S(=O)(Nc1ccc(F)cc1F)c1ccc(-c2cnc(C3CCCC3)o2)s1. The first kappa shape index (κ1) is 18.1. The highest BCUT2D eigenvalue weighted by atomic mass is 32.2. The Kier molecular flexibility index (Phi) is 4.73. The predicted octanol–water partition coefficient (Wildman–Crippen LogP) is 5.14. The van der Waals surface area contributed by atoms with Crippen LogP contribution in [0.15, 0.2) is 45.2 Å². The van der Waals surface area contributed by atoms with Crippen LogP contribution < -0.4 is 4.72 Å². The topological polar surface area (TPSA) is 72.2 Å². The molecule has 0 unspecified atom stereocenters. The normalized spacial score (nSPS) is 15.3. The minimum atomic E-state index is -4.00. The van der Waals surface area contributed by atoms with Gasteiger partial charge in [0, 0.05) is 12.0 Å². The van der Waals surface area contributed by atoms with Crippen molar-refractivity contribution in [2.75, 3.05) is 4.72 Å². The highest BCUT2D eigenvalue weighted by Crippen LogP contribution is 2.37. The number of halogens is 2. The number of thiophene rings is 1. The summed E-state index contributed by atoms with van der Waals surface area (Å²) in [4.78, 5) is 4.94. The van der Waals surface area contributed by atoms with Crippen LogP contribution >= 0.6 is 11.3 Å². The summed E-state index contributed by atoms with van der Waals surface area (Å²) in [6.07, 6.45) is 6.03. The molecular weight excluding hydrogens is 394 g/mol. The molecule has 142 valence electrons. The average Bonchev–Trinajstić information content (AvgIpc) is 3.37. The Hall–Kier alpha value is -2.26. The number of hydrogen-bond donors (Lipinski definition) is 1. The maximum absolute atomic E-state index is 13.7. The van der Waals surface area contributed by atoms with Crippen LogP contribution in [-0.4, -0.2) is 13.4 Å². The van der Waals surface area contributed by atoms with Gasteiger partial charge < -0.3 is 4.42 Å². The smallest absolute Gasteiger partial charge is 0.271 e. The minimum absolute atomic E-state index is 0.0000383. The summed E-state index contributed by atoms with van der Waals surface area (Å²) >= 11 is 0.996. The van der Waals surface area contributed by atoms with Crippen LogP contribution in [0.5, 0.6) is 0 Å². The molecule has 2 heterocycles. The number of sulfonamides is 1. The van der Waals surface area contributed by atoms with E-state index >= 15 is 0 Å². The summed E-state index contributed by atoms with van der Waals surface area (Å²) in [5.41, 5.74) is -0.311. The van der Waals surface area contributed by atoms with Crippen molar-refractivity contribution in [3.8, 4) is 10.6 Å². The highest BCUT2D eigenvalue weighted by molar-refractivity contribution is 7.94. The Morgan fingerprint density at radius 2 is 1.93 bits per heavy atom. The third-order valence-electron chi connectivity index (χ3n) is 4.49. The van der Waals surface area contributed by atoms with Gasteiger partial charge in [-0.2, -0.15) is 0 Å². The Morgan fingerprint density at radius 3 is 2.67 bits per heavy atom. The fourth-order valence-corrected chi connectivity index (χ4v) is 5.45. The molecule has 2 aromatic heterocycles. The van der Waals surface area contributed by atoms with Crippen molar-refractivity contribution in [2.45, 2.75) is 35.8 Å². The van der Waals surface area contributed by atoms with Crippen molar-refractivity contribution in [1.29, 1.82) is 0 Å². The van der Waals surface area contributed by atoms with E-state index in [9.17, 15) is 17.2 Å². The zero-order chi connectivity index (χ0) is 19.0. The summed E-state index contributed by atoms with van der Waals surface area (Å²) in [6, 6.07) is 5.69. The molecule has 0 saturated heterocycles. The third-order valence-corrected chi connectivity index (χ3v) is 7.45. The molecule has 1 saturated carbocycles. The number of aromatic nitrogens is 1. The zero-order valence-electron chi connectivity index (χ0n) is 14.1. The number of nitrogens with one attached hydrogen (secondary N) is 1. The second-order valence-electron chi connectivity index (χ2n) is 6.39. The lowest BCUT2D eigenvalue weighted by Gasteiger charge is -2.07. The number of nitrogens with zero attached hydrogens (tertiary/aromatic N) is 1. The van der Waals surface area contributed by atoms with Gasteiger partial charge in [0.25, 0.3) is 10.0 Å². The lowest BCUT2D eigenvalue weighted by Crippen LogP contribution is -2.12. The molecule has 0 aliphatic heterocycles. The number of benzene rings is 1. The van der Waals surface area contributed by atoms with Crippen molar-refractivity contribution >= 4 is 27.0 Å². The van der Waals surface area contributed by atoms with Crippen molar-refractivity contribution in [3.05, 3.63) is 54.1 Å². The second-order valence-corrected chi connectivity index (χ2v) is 9.39. The van der Waals surface area contributed by atoms with Crippen LogP contribution in [0.3, 0.4) is 0 Å². The quantitative estimate of drug-likeness (QED) is 0.632. The van der Waals surface area contributed by atoms with Gasteiger partial charge in [-0.1, -0.05) is 12.8 Å². The second kappa shape index (κ2) is 7.05. The van der Waals surface area contributed by atoms with Crippen LogP contribution in [0.2, 0.25) is 0 Å². The van der Waals surface area contributed by atoms with E-state index in [0.29, 0.717) is 28.5 Å². The van der Waals surface area contributed by atoms with Gasteiger partial charge in [0.05, 0.1) is 16.8 Å². The number of hydrogen-bond acceptors (Lipinski definition) is 5. The molecule has 0 radical (unpaired) electrons. The van der Waals surface area contributed by atoms with Crippen molar-refractivity contribution in [1.82, 2.24) is 4.98 Å². The van der Waals surface area contributed by atoms with Gasteiger partial charge in [0.15, 0.2) is 11.7 Å². The van der Waals surface area contributed by atoms with Crippen molar-refractivity contribution in [3.63, 3.8) is 0 Å². The molecule has 9 heteroatoms. The van der Waals surface area contributed by atoms with Gasteiger partial charge in [-0.15, -0.1) is 11.3 Å². The van der Waals surface area contributed by atoms with Gasteiger partial charge in [0.2, 0.25) is 0 Å². The molecule has 0 atom stereocenters. The number of oxazole rings is 1. The molecule has 1 aromatic carbocycles. The minimum Gasteiger partial charge on any atom is -0.440 e. The van der Waals surface area contributed by atoms with Gasteiger partial charge in [-0.25, -0.2) is 22.2 Å². The third kappa shape index (κ3) is 3.74. The molecule has 1 N–H and O–H groups in total. The maximum atomic E-state index is 13.7. The summed E-state index contributed by atoms with van der Waals surface area (Å²) in [5.74, 6) is -0.239. The van der Waals surface area contributed by atoms with Crippen LogP contribution in [0.4, 0.5) is 14.5 Å². The van der Waals surface area contributed by atoms with Crippen LogP contribution in [-0.2, 0) is 10.0 Å². The van der Waals surface area contributed by atoms with Crippen LogP contribution in [0.1, 0.15) is 37.5 Å². The molecule has 0 amide bonds. The van der Waals surface area contributed by atoms with E-state index in [-0.39, 0.29) is 9.90 Å². The van der Waals surface area contributed by atoms with Crippen LogP contribution in [0.25, 0.3) is 10.6 Å². The van der Waals surface area contributed by atoms with E-state index in [4.69, 9.17) is 4.42 Å². The summed E-state index contributed by atoms with van der Waals surface area (Å²) in [5, 5.41) is 0. The van der Waals surface area contributed by atoms with Gasteiger partial charge in [-0.05, 0) is 37.1 Å². The monoisotopic (exact) mass is 410 g/mol.